The van der Waals surface area contributed by atoms with Gasteiger partial charge in [-0.3, -0.25) is 14.4 Å². The molecule has 2 aliphatic heterocycles. The summed E-state index contributed by atoms with van der Waals surface area (Å²) in [5, 5.41) is 1.71. The van der Waals surface area contributed by atoms with Crippen LogP contribution in [0.5, 0.6) is 5.75 Å². The van der Waals surface area contributed by atoms with Crippen LogP contribution in [0.25, 0.3) is 0 Å². The Labute approximate surface area is 197 Å². The molecule has 3 aromatic rings. The van der Waals surface area contributed by atoms with Gasteiger partial charge in [-0.25, -0.2) is 9.96 Å². The Hall–Kier alpha value is -3.29. The molecule has 3 aromatic carbocycles. The number of hydrogen-bond donors (Lipinski definition) is 0. The summed E-state index contributed by atoms with van der Waals surface area (Å²) < 4.78 is 5.70. The van der Waals surface area contributed by atoms with Gasteiger partial charge in [0.05, 0.1) is 24.0 Å². The smallest absolute Gasteiger partial charge is 0.266 e. The molecule has 0 aromatic heterocycles. The SMILES string of the molecule is CCOc1ccccc1N1C(=O)[C@H]2[C@@H](c3ccc(SC)cc3)N(c3ccccc3)O[C@H]2C1=O. The summed E-state index contributed by atoms with van der Waals surface area (Å²) in [5.41, 5.74) is 2.17. The van der Waals surface area contributed by atoms with Crippen molar-refractivity contribution in [1.29, 1.82) is 0 Å². The van der Waals surface area contributed by atoms with E-state index in [1.165, 1.54) is 4.90 Å². The number of hydrogen-bond acceptors (Lipinski definition) is 6. The number of hydroxylamine groups is 1. The first-order valence-electron chi connectivity index (χ1n) is 10.9. The van der Waals surface area contributed by atoms with Crippen LogP contribution in [0.3, 0.4) is 0 Å². The van der Waals surface area contributed by atoms with Gasteiger partial charge in [-0.05, 0) is 55.1 Å². The van der Waals surface area contributed by atoms with Crippen LogP contribution in [0.2, 0.25) is 0 Å². The van der Waals surface area contributed by atoms with Gasteiger partial charge in [0.2, 0.25) is 5.91 Å². The second kappa shape index (κ2) is 8.92. The molecular formula is C26H24N2O4S. The van der Waals surface area contributed by atoms with E-state index in [1.807, 2.05) is 73.8 Å². The average molecular weight is 461 g/mol. The summed E-state index contributed by atoms with van der Waals surface area (Å²) in [7, 11) is 0. The van der Waals surface area contributed by atoms with Crippen LogP contribution in [-0.4, -0.2) is 30.8 Å². The van der Waals surface area contributed by atoms with Gasteiger partial charge < -0.3 is 4.74 Å². The molecule has 3 atom stereocenters. The first kappa shape index (κ1) is 21.6. The minimum absolute atomic E-state index is 0.283. The summed E-state index contributed by atoms with van der Waals surface area (Å²) in [6, 6.07) is 24.3. The number of fused-ring (bicyclic) bond motifs is 1. The Morgan fingerprint density at radius 1 is 0.909 bits per heavy atom. The monoisotopic (exact) mass is 460 g/mol. The molecule has 6 nitrogen and oxygen atoms in total. The number of benzene rings is 3. The summed E-state index contributed by atoms with van der Waals surface area (Å²) in [4.78, 5) is 35.8. The molecule has 0 spiro atoms. The van der Waals surface area contributed by atoms with Crippen molar-refractivity contribution in [1.82, 2.24) is 0 Å². The molecule has 0 saturated carbocycles. The highest BCUT2D eigenvalue weighted by molar-refractivity contribution is 7.98. The second-order valence-corrected chi connectivity index (χ2v) is 8.72. The second-order valence-electron chi connectivity index (χ2n) is 7.84. The van der Waals surface area contributed by atoms with Crippen molar-refractivity contribution >= 4 is 35.0 Å². The minimum Gasteiger partial charge on any atom is -0.492 e. The molecule has 0 N–H and O–H groups in total. The van der Waals surface area contributed by atoms with Gasteiger partial charge in [0.25, 0.3) is 5.91 Å². The summed E-state index contributed by atoms with van der Waals surface area (Å²) in [6.07, 6.45) is 1.12. The molecule has 2 heterocycles. The third-order valence-corrected chi connectivity index (χ3v) is 6.73. The first-order chi connectivity index (χ1) is 16.1. The Morgan fingerprint density at radius 2 is 1.61 bits per heavy atom. The number of nitrogens with zero attached hydrogens (tertiary/aromatic N) is 2. The van der Waals surface area contributed by atoms with Crippen molar-refractivity contribution in [3.05, 3.63) is 84.4 Å². The van der Waals surface area contributed by atoms with Gasteiger partial charge in [0.15, 0.2) is 6.10 Å². The molecule has 168 valence electrons. The van der Waals surface area contributed by atoms with E-state index in [0.29, 0.717) is 18.0 Å². The fourth-order valence-corrected chi connectivity index (χ4v) is 4.92. The number of thioether (sulfide) groups is 1. The topological polar surface area (TPSA) is 59.1 Å². The van der Waals surface area contributed by atoms with Crippen LogP contribution in [0.15, 0.2) is 83.8 Å². The van der Waals surface area contributed by atoms with Crippen molar-refractivity contribution < 1.29 is 19.2 Å². The Bertz CT molecular complexity index is 1170. The third-order valence-electron chi connectivity index (χ3n) is 5.99. The van der Waals surface area contributed by atoms with Gasteiger partial charge in [0.1, 0.15) is 11.7 Å². The van der Waals surface area contributed by atoms with Gasteiger partial charge in [0, 0.05) is 4.90 Å². The van der Waals surface area contributed by atoms with Crippen molar-refractivity contribution in [2.75, 3.05) is 22.8 Å². The highest BCUT2D eigenvalue weighted by atomic mass is 32.2. The summed E-state index contributed by atoms with van der Waals surface area (Å²) in [6.45, 7) is 2.30. The molecule has 2 amide bonds. The van der Waals surface area contributed by atoms with E-state index >= 15 is 0 Å². The molecular weight excluding hydrogens is 436 g/mol. The number of anilines is 2. The lowest BCUT2D eigenvalue weighted by Crippen LogP contribution is -2.37. The molecule has 0 unspecified atom stereocenters. The highest BCUT2D eigenvalue weighted by Crippen LogP contribution is 2.48. The predicted molar refractivity (Wildman–Crippen MR) is 128 cm³/mol. The van der Waals surface area contributed by atoms with E-state index < -0.39 is 18.1 Å². The van der Waals surface area contributed by atoms with Crippen LogP contribution in [0.1, 0.15) is 18.5 Å². The molecule has 5 rings (SSSR count). The number of carbonyl (C=O) groups is 2. The maximum absolute atomic E-state index is 13.8. The van der Waals surface area contributed by atoms with E-state index in [1.54, 1.807) is 35.0 Å². The van der Waals surface area contributed by atoms with Crippen molar-refractivity contribution in [3.63, 3.8) is 0 Å². The average Bonchev–Trinajstić information content (AvgIpc) is 3.36. The quantitative estimate of drug-likeness (QED) is 0.387. The van der Waals surface area contributed by atoms with Crippen LogP contribution in [0.4, 0.5) is 11.4 Å². The number of imide groups is 1. The standard InChI is InChI=1S/C26H24N2O4S/c1-3-31-21-12-8-7-11-20(21)27-25(29)22-23(17-13-15-19(33-2)16-14-17)28(32-24(22)26(27)30)18-9-5-4-6-10-18/h4-16,22-24H,3H2,1-2H3/t22-,23+,24+/m0/s1. The van der Waals surface area contributed by atoms with Crippen LogP contribution in [0, 0.1) is 5.92 Å². The Balaban J connectivity index is 1.57. The van der Waals surface area contributed by atoms with Crippen molar-refractivity contribution in [2.45, 2.75) is 24.0 Å². The number of para-hydroxylation sites is 3. The van der Waals surface area contributed by atoms with Crippen LogP contribution >= 0.6 is 11.8 Å². The molecule has 0 aliphatic carbocycles. The summed E-state index contributed by atoms with van der Waals surface area (Å²) >= 11 is 1.65. The van der Waals surface area contributed by atoms with Gasteiger partial charge in [-0.15, -0.1) is 11.8 Å². The lowest BCUT2D eigenvalue weighted by molar-refractivity contribution is -0.126. The first-order valence-corrected chi connectivity index (χ1v) is 12.1. The van der Waals surface area contributed by atoms with Crippen LogP contribution < -0.4 is 14.7 Å². The zero-order valence-corrected chi connectivity index (χ0v) is 19.2. The maximum Gasteiger partial charge on any atom is 0.266 e. The zero-order valence-electron chi connectivity index (χ0n) is 18.4. The van der Waals surface area contributed by atoms with E-state index in [9.17, 15) is 9.59 Å². The van der Waals surface area contributed by atoms with Gasteiger partial charge in [-0.1, -0.05) is 42.5 Å². The number of carbonyl (C=O) groups excluding carboxylic acids is 2. The van der Waals surface area contributed by atoms with Gasteiger partial charge >= 0.3 is 0 Å². The van der Waals surface area contributed by atoms with E-state index in [-0.39, 0.29) is 11.8 Å². The predicted octanol–water partition coefficient (Wildman–Crippen LogP) is 4.86. The molecule has 0 radical (unpaired) electrons. The van der Waals surface area contributed by atoms with Crippen molar-refractivity contribution in [3.8, 4) is 5.75 Å². The largest absolute Gasteiger partial charge is 0.492 e. The number of ether oxygens (including phenoxy) is 1. The summed E-state index contributed by atoms with van der Waals surface area (Å²) in [5.74, 6) is -0.828. The van der Waals surface area contributed by atoms with Gasteiger partial charge in [-0.2, -0.15) is 0 Å². The molecule has 2 aliphatic rings. The van der Waals surface area contributed by atoms with Crippen molar-refractivity contribution in [2.24, 2.45) is 5.92 Å². The lowest BCUT2D eigenvalue weighted by atomic mass is 9.90. The molecule has 2 fully saturated rings. The molecule has 7 heteroatoms. The maximum atomic E-state index is 13.8. The van der Waals surface area contributed by atoms with E-state index in [0.717, 1.165) is 16.1 Å². The number of amides is 2. The van der Waals surface area contributed by atoms with E-state index in [2.05, 4.69) is 0 Å². The normalized spacial score (nSPS) is 22.1. The van der Waals surface area contributed by atoms with Crippen LogP contribution in [-0.2, 0) is 14.4 Å². The Morgan fingerprint density at radius 3 is 2.30 bits per heavy atom. The fraction of sp³-hybridized carbons (Fsp3) is 0.231. The third kappa shape index (κ3) is 3.67. The molecule has 0 bridgehead atoms. The minimum atomic E-state index is -0.905. The highest BCUT2D eigenvalue weighted by Gasteiger charge is 2.60. The lowest BCUT2D eigenvalue weighted by Gasteiger charge is -2.29. The fourth-order valence-electron chi connectivity index (χ4n) is 4.51. The molecule has 33 heavy (non-hydrogen) atoms. The zero-order chi connectivity index (χ0) is 22.9. The Kier molecular flexibility index (Phi) is 5.83. The molecule has 2 saturated heterocycles. The number of rotatable bonds is 6. The van der Waals surface area contributed by atoms with E-state index in [4.69, 9.17) is 9.57 Å².